The first-order valence-corrected chi connectivity index (χ1v) is 7.75. The second-order valence-electron chi connectivity index (χ2n) is 5.33. The van der Waals surface area contributed by atoms with Crippen molar-refractivity contribution in [1.82, 2.24) is 15.3 Å². The molecule has 0 spiro atoms. The number of hydrogen-bond acceptors (Lipinski definition) is 5. The maximum absolute atomic E-state index is 12.5. The normalized spacial score (nSPS) is 11.2. The molecule has 2 N–H and O–H groups in total. The summed E-state index contributed by atoms with van der Waals surface area (Å²) in [6, 6.07) is 3.55. The largest absolute Gasteiger partial charge is 0.370 e. The SMILES string of the molecule is CCNc1cc(C(=O)NC(C)(C)c2nccs2)cc(C)n1. The number of thiazole rings is 1. The van der Waals surface area contributed by atoms with Crippen LogP contribution in [0.2, 0.25) is 0 Å². The number of carbonyl (C=O) groups excluding carboxylic acids is 1. The molecule has 0 saturated carbocycles. The molecule has 0 fully saturated rings. The number of rotatable bonds is 5. The molecule has 2 aromatic rings. The molecule has 2 aromatic heterocycles. The maximum atomic E-state index is 12.5. The molecular formula is C15H20N4OS. The van der Waals surface area contributed by atoms with Gasteiger partial charge in [-0.25, -0.2) is 9.97 Å². The van der Waals surface area contributed by atoms with Crippen LogP contribution in [0.1, 0.15) is 41.8 Å². The third-order valence-electron chi connectivity index (χ3n) is 2.97. The minimum atomic E-state index is -0.499. The fourth-order valence-corrected chi connectivity index (χ4v) is 2.73. The molecule has 0 saturated heterocycles. The number of pyridine rings is 1. The third kappa shape index (κ3) is 3.78. The molecule has 112 valence electrons. The Balaban J connectivity index is 2.20. The average Bonchev–Trinajstić information content (AvgIpc) is 2.92. The van der Waals surface area contributed by atoms with Gasteiger partial charge in [0.25, 0.3) is 5.91 Å². The minimum absolute atomic E-state index is 0.125. The van der Waals surface area contributed by atoms with Gasteiger partial charge in [0, 0.05) is 29.4 Å². The van der Waals surface area contributed by atoms with Gasteiger partial charge in [0.1, 0.15) is 10.8 Å². The molecule has 1 amide bonds. The second-order valence-corrected chi connectivity index (χ2v) is 6.22. The number of nitrogens with one attached hydrogen (secondary N) is 2. The van der Waals surface area contributed by atoms with E-state index in [0.29, 0.717) is 5.56 Å². The molecule has 5 nitrogen and oxygen atoms in total. The van der Waals surface area contributed by atoms with Crippen molar-refractivity contribution in [2.45, 2.75) is 33.2 Å². The van der Waals surface area contributed by atoms with Crippen LogP contribution >= 0.6 is 11.3 Å². The average molecular weight is 304 g/mol. The molecule has 2 rings (SSSR count). The summed E-state index contributed by atoms with van der Waals surface area (Å²) in [4.78, 5) is 21.1. The van der Waals surface area contributed by atoms with E-state index >= 15 is 0 Å². The quantitative estimate of drug-likeness (QED) is 0.891. The summed E-state index contributed by atoms with van der Waals surface area (Å²) in [5.41, 5.74) is 0.912. The zero-order chi connectivity index (χ0) is 15.5. The van der Waals surface area contributed by atoms with Gasteiger partial charge in [-0.05, 0) is 39.8 Å². The van der Waals surface area contributed by atoms with Crippen molar-refractivity contribution in [3.05, 3.63) is 40.0 Å². The molecule has 6 heteroatoms. The van der Waals surface area contributed by atoms with E-state index in [4.69, 9.17) is 0 Å². The number of nitrogens with zero attached hydrogens (tertiary/aromatic N) is 2. The summed E-state index contributed by atoms with van der Waals surface area (Å²) in [6.07, 6.45) is 1.74. The number of hydrogen-bond donors (Lipinski definition) is 2. The Morgan fingerprint density at radius 2 is 2.14 bits per heavy atom. The first-order valence-electron chi connectivity index (χ1n) is 6.87. The monoisotopic (exact) mass is 304 g/mol. The van der Waals surface area contributed by atoms with E-state index in [9.17, 15) is 4.79 Å². The summed E-state index contributed by atoms with van der Waals surface area (Å²) >= 11 is 1.53. The van der Waals surface area contributed by atoms with Crippen molar-refractivity contribution >= 4 is 23.1 Å². The van der Waals surface area contributed by atoms with E-state index in [0.717, 1.165) is 23.1 Å². The van der Waals surface area contributed by atoms with Gasteiger partial charge >= 0.3 is 0 Å². The first-order chi connectivity index (χ1) is 9.92. The highest BCUT2D eigenvalue weighted by molar-refractivity contribution is 7.09. The summed E-state index contributed by atoms with van der Waals surface area (Å²) in [7, 11) is 0. The molecule has 0 aliphatic carbocycles. The highest BCUT2D eigenvalue weighted by atomic mass is 32.1. The lowest BCUT2D eigenvalue weighted by atomic mass is 10.1. The van der Waals surface area contributed by atoms with Crippen LogP contribution in [0.5, 0.6) is 0 Å². The molecule has 0 bridgehead atoms. The Bertz CT molecular complexity index is 623. The zero-order valence-electron chi connectivity index (χ0n) is 12.7. The summed E-state index contributed by atoms with van der Waals surface area (Å²) in [5, 5.41) is 8.95. The molecule has 0 aromatic carbocycles. The topological polar surface area (TPSA) is 66.9 Å². The van der Waals surface area contributed by atoms with E-state index in [1.165, 1.54) is 11.3 Å². The fourth-order valence-electron chi connectivity index (χ4n) is 2.01. The maximum Gasteiger partial charge on any atom is 0.252 e. The van der Waals surface area contributed by atoms with E-state index in [1.54, 1.807) is 18.3 Å². The summed E-state index contributed by atoms with van der Waals surface area (Å²) in [5.74, 6) is 0.592. The summed E-state index contributed by atoms with van der Waals surface area (Å²) < 4.78 is 0. The number of anilines is 1. The van der Waals surface area contributed by atoms with Crippen LogP contribution in [0.15, 0.2) is 23.7 Å². The fraction of sp³-hybridized carbons (Fsp3) is 0.400. The van der Waals surface area contributed by atoms with E-state index < -0.39 is 5.54 Å². The Labute approximate surface area is 128 Å². The Kier molecular flexibility index (Phi) is 4.57. The van der Waals surface area contributed by atoms with Gasteiger partial charge in [-0.15, -0.1) is 11.3 Å². The highest BCUT2D eigenvalue weighted by Gasteiger charge is 2.26. The predicted molar refractivity (Wildman–Crippen MR) is 85.7 cm³/mol. The van der Waals surface area contributed by atoms with Crippen molar-refractivity contribution < 1.29 is 4.79 Å². The molecule has 0 unspecified atom stereocenters. The molecule has 0 radical (unpaired) electrons. The lowest BCUT2D eigenvalue weighted by Crippen LogP contribution is -2.41. The number of aryl methyl sites for hydroxylation is 1. The molecular weight excluding hydrogens is 284 g/mol. The van der Waals surface area contributed by atoms with Crippen LogP contribution in [0, 0.1) is 6.92 Å². The standard InChI is InChI=1S/C15H20N4OS/c1-5-16-12-9-11(8-10(2)18-12)13(20)19-15(3,4)14-17-6-7-21-14/h6-9H,5H2,1-4H3,(H,16,18)(H,19,20). The lowest BCUT2D eigenvalue weighted by molar-refractivity contribution is 0.0911. The second kappa shape index (κ2) is 6.22. The minimum Gasteiger partial charge on any atom is -0.370 e. The van der Waals surface area contributed by atoms with E-state index in [-0.39, 0.29) is 5.91 Å². The van der Waals surface area contributed by atoms with Gasteiger partial charge < -0.3 is 10.6 Å². The van der Waals surface area contributed by atoms with Crippen molar-refractivity contribution in [3.8, 4) is 0 Å². The number of amides is 1. The Morgan fingerprint density at radius 3 is 2.76 bits per heavy atom. The van der Waals surface area contributed by atoms with Crippen molar-refractivity contribution in [1.29, 1.82) is 0 Å². The number of aromatic nitrogens is 2. The van der Waals surface area contributed by atoms with Gasteiger partial charge in [0.2, 0.25) is 0 Å². The molecule has 2 heterocycles. The van der Waals surface area contributed by atoms with Crippen LogP contribution in [0.3, 0.4) is 0 Å². The van der Waals surface area contributed by atoms with Crippen LogP contribution in [-0.2, 0) is 5.54 Å². The van der Waals surface area contributed by atoms with Crippen LogP contribution in [0.25, 0.3) is 0 Å². The van der Waals surface area contributed by atoms with Crippen LogP contribution in [0.4, 0.5) is 5.82 Å². The van der Waals surface area contributed by atoms with Gasteiger partial charge in [0.15, 0.2) is 0 Å². The van der Waals surface area contributed by atoms with E-state index in [2.05, 4.69) is 20.6 Å². The van der Waals surface area contributed by atoms with E-state index in [1.807, 2.05) is 33.1 Å². The van der Waals surface area contributed by atoms with Gasteiger partial charge in [-0.3, -0.25) is 4.79 Å². The van der Waals surface area contributed by atoms with Gasteiger partial charge in [-0.1, -0.05) is 0 Å². The van der Waals surface area contributed by atoms with Gasteiger partial charge in [0.05, 0.1) is 5.54 Å². The third-order valence-corrected chi connectivity index (χ3v) is 4.06. The van der Waals surface area contributed by atoms with Gasteiger partial charge in [-0.2, -0.15) is 0 Å². The van der Waals surface area contributed by atoms with Crippen molar-refractivity contribution in [3.63, 3.8) is 0 Å². The molecule has 21 heavy (non-hydrogen) atoms. The van der Waals surface area contributed by atoms with Crippen molar-refractivity contribution in [2.75, 3.05) is 11.9 Å². The Hall–Kier alpha value is -1.95. The lowest BCUT2D eigenvalue weighted by Gasteiger charge is -2.24. The zero-order valence-corrected chi connectivity index (χ0v) is 13.5. The summed E-state index contributed by atoms with van der Waals surface area (Å²) in [6.45, 7) is 8.53. The number of carbonyl (C=O) groups is 1. The molecule has 0 aliphatic heterocycles. The van der Waals surface area contributed by atoms with Crippen molar-refractivity contribution in [2.24, 2.45) is 0 Å². The molecule has 0 aliphatic rings. The molecule has 0 atom stereocenters. The predicted octanol–water partition coefficient (Wildman–Crippen LogP) is 2.94. The highest BCUT2D eigenvalue weighted by Crippen LogP contribution is 2.23. The van der Waals surface area contributed by atoms with Crippen LogP contribution < -0.4 is 10.6 Å². The Morgan fingerprint density at radius 1 is 1.38 bits per heavy atom. The smallest absolute Gasteiger partial charge is 0.252 e. The van der Waals surface area contributed by atoms with Crippen LogP contribution in [-0.4, -0.2) is 22.4 Å². The first kappa shape index (κ1) is 15.4.